The number of hydrogen-bond donors (Lipinski definition) is 1. The van der Waals surface area contributed by atoms with Gasteiger partial charge in [-0.2, -0.15) is 4.31 Å². The highest BCUT2D eigenvalue weighted by Gasteiger charge is 2.41. The van der Waals surface area contributed by atoms with E-state index in [1.807, 2.05) is 12.1 Å². The molecule has 1 aliphatic heterocycles. The van der Waals surface area contributed by atoms with Crippen LogP contribution >= 0.6 is 11.3 Å². The fourth-order valence-corrected chi connectivity index (χ4v) is 5.77. The van der Waals surface area contributed by atoms with Gasteiger partial charge in [0.05, 0.1) is 5.92 Å². The van der Waals surface area contributed by atoms with Crippen molar-refractivity contribution in [3.8, 4) is 0 Å². The van der Waals surface area contributed by atoms with Crippen molar-refractivity contribution in [3.63, 3.8) is 0 Å². The first-order valence-electron chi connectivity index (χ1n) is 6.60. The molecule has 2 heterocycles. The number of carbonyl (C=O) groups is 1. The molecule has 0 saturated carbocycles. The first kappa shape index (κ1) is 14.5. The first-order chi connectivity index (χ1) is 9.91. The molecule has 2 atom stereocenters. The van der Waals surface area contributed by atoms with Gasteiger partial charge in [0.15, 0.2) is 0 Å². The van der Waals surface area contributed by atoms with Gasteiger partial charge in [-0.1, -0.05) is 25.1 Å². The van der Waals surface area contributed by atoms with Crippen molar-refractivity contribution in [2.45, 2.75) is 11.8 Å². The van der Waals surface area contributed by atoms with Gasteiger partial charge in [-0.3, -0.25) is 4.79 Å². The number of benzene rings is 1. The minimum atomic E-state index is -3.64. The molecular weight excluding hydrogens is 310 g/mol. The lowest BCUT2D eigenvalue weighted by Crippen LogP contribution is -2.29. The molecule has 0 radical (unpaired) electrons. The van der Waals surface area contributed by atoms with E-state index >= 15 is 0 Å². The predicted molar refractivity (Wildman–Crippen MR) is 80.9 cm³/mol. The largest absolute Gasteiger partial charge is 0.481 e. The lowest BCUT2D eigenvalue weighted by molar-refractivity contribution is -0.142. The Labute approximate surface area is 126 Å². The minimum absolute atomic E-state index is 0.0446. The number of nitrogens with zero attached hydrogens (tertiary/aromatic N) is 1. The van der Waals surface area contributed by atoms with Crippen LogP contribution in [0.3, 0.4) is 0 Å². The van der Waals surface area contributed by atoms with Crippen LogP contribution in [0.4, 0.5) is 0 Å². The molecule has 21 heavy (non-hydrogen) atoms. The number of carboxylic acids is 1. The second-order valence-corrected chi connectivity index (χ2v) is 8.16. The van der Waals surface area contributed by atoms with Crippen LogP contribution in [0.1, 0.15) is 6.92 Å². The molecular formula is C14H15NO4S2. The van der Waals surface area contributed by atoms with Crippen LogP contribution in [0.2, 0.25) is 0 Å². The maximum Gasteiger partial charge on any atom is 0.308 e. The van der Waals surface area contributed by atoms with Crippen LogP contribution in [-0.2, 0) is 14.8 Å². The van der Waals surface area contributed by atoms with Gasteiger partial charge in [0.1, 0.15) is 4.90 Å². The molecule has 1 N–H and O–H groups in total. The molecule has 1 fully saturated rings. The highest BCUT2D eigenvalue weighted by molar-refractivity contribution is 7.89. The number of fused-ring (bicyclic) bond motifs is 1. The third kappa shape index (κ3) is 2.35. The number of sulfonamides is 1. The molecule has 1 aliphatic rings. The Morgan fingerprint density at radius 2 is 2.05 bits per heavy atom. The summed E-state index contributed by atoms with van der Waals surface area (Å²) in [6.45, 7) is 2.08. The van der Waals surface area contributed by atoms with Crippen molar-refractivity contribution in [3.05, 3.63) is 29.6 Å². The summed E-state index contributed by atoms with van der Waals surface area (Å²) in [5.74, 6) is -1.75. The summed E-state index contributed by atoms with van der Waals surface area (Å²) in [5, 5.41) is 11.5. The average molecular weight is 325 g/mol. The summed E-state index contributed by atoms with van der Waals surface area (Å²) in [6, 6.07) is 7.34. The molecule has 1 aromatic carbocycles. The van der Waals surface area contributed by atoms with E-state index in [-0.39, 0.29) is 23.9 Å². The van der Waals surface area contributed by atoms with Crippen molar-refractivity contribution < 1.29 is 18.3 Å². The summed E-state index contributed by atoms with van der Waals surface area (Å²) in [5.41, 5.74) is 0. The van der Waals surface area contributed by atoms with Gasteiger partial charge in [-0.25, -0.2) is 8.42 Å². The molecule has 0 amide bonds. The van der Waals surface area contributed by atoms with Crippen LogP contribution in [0.15, 0.2) is 34.5 Å². The van der Waals surface area contributed by atoms with Gasteiger partial charge in [0.25, 0.3) is 0 Å². The summed E-state index contributed by atoms with van der Waals surface area (Å²) < 4.78 is 27.7. The zero-order chi connectivity index (χ0) is 15.2. The summed E-state index contributed by atoms with van der Waals surface area (Å²) in [7, 11) is -3.64. The molecule has 2 aromatic rings. The maximum atomic E-state index is 12.8. The van der Waals surface area contributed by atoms with E-state index in [4.69, 9.17) is 5.11 Å². The number of thiophene rings is 1. The molecule has 5 nitrogen and oxygen atoms in total. The third-order valence-electron chi connectivity index (χ3n) is 3.96. The lowest BCUT2D eigenvalue weighted by Gasteiger charge is -2.15. The van der Waals surface area contributed by atoms with Gasteiger partial charge in [0.2, 0.25) is 10.0 Å². The molecule has 1 aromatic heterocycles. The van der Waals surface area contributed by atoms with Crippen molar-refractivity contribution in [1.29, 1.82) is 0 Å². The van der Waals surface area contributed by atoms with Gasteiger partial charge >= 0.3 is 5.97 Å². The summed E-state index contributed by atoms with van der Waals surface area (Å²) in [6.07, 6.45) is 0. The van der Waals surface area contributed by atoms with Gasteiger partial charge in [0, 0.05) is 28.6 Å². The van der Waals surface area contributed by atoms with E-state index in [2.05, 4.69) is 0 Å². The molecule has 0 unspecified atom stereocenters. The minimum Gasteiger partial charge on any atom is -0.481 e. The molecule has 0 bridgehead atoms. The SMILES string of the molecule is C[C@@H]1CN(S(=O)(=O)c2csc3ccccc23)C[C@H]1C(=O)O. The topological polar surface area (TPSA) is 74.7 Å². The van der Waals surface area contributed by atoms with Crippen LogP contribution in [-0.4, -0.2) is 36.9 Å². The average Bonchev–Trinajstić information content (AvgIpc) is 3.02. The number of hydrogen-bond acceptors (Lipinski definition) is 4. The highest BCUT2D eigenvalue weighted by Crippen LogP contribution is 2.34. The predicted octanol–water partition coefficient (Wildman–Crippen LogP) is 2.24. The fourth-order valence-electron chi connectivity index (χ4n) is 2.73. The number of carboxylic acid groups (broad SMARTS) is 1. The second-order valence-electron chi connectivity index (χ2n) is 5.34. The van der Waals surface area contributed by atoms with E-state index < -0.39 is 21.9 Å². The van der Waals surface area contributed by atoms with Crippen molar-refractivity contribution in [2.24, 2.45) is 11.8 Å². The van der Waals surface area contributed by atoms with Crippen LogP contribution in [0, 0.1) is 11.8 Å². The second kappa shape index (κ2) is 5.08. The Bertz CT molecular complexity index is 796. The zero-order valence-corrected chi connectivity index (χ0v) is 13.0. The van der Waals surface area contributed by atoms with Crippen LogP contribution in [0.5, 0.6) is 0 Å². The number of rotatable bonds is 3. The van der Waals surface area contributed by atoms with Gasteiger partial charge < -0.3 is 5.11 Å². The highest BCUT2D eigenvalue weighted by atomic mass is 32.2. The molecule has 1 saturated heterocycles. The normalized spacial score (nSPS) is 23.7. The third-order valence-corrected chi connectivity index (χ3v) is 6.94. The van der Waals surface area contributed by atoms with Gasteiger partial charge in [-0.05, 0) is 12.0 Å². The fraction of sp³-hybridized carbons (Fsp3) is 0.357. The van der Waals surface area contributed by atoms with Crippen LogP contribution < -0.4 is 0 Å². The lowest BCUT2D eigenvalue weighted by atomic mass is 9.99. The van der Waals surface area contributed by atoms with E-state index in [1.165, 1.54) is 15.6 Å². The quantitative estimate of drug-likeness (QED) is 0.939. The van der Waals surface area contributed by atoms with Gasteiger partial charge in [-0.15, -0.1) is 11.3 Å². The molecule has 112 valence electrons. The van der Waals surface area contributed by atoms with Crippen molar-refractivity contribution >= 4 is 37.4 Å². The maximum absolute atomic E-state index is 12.8. The Hall–Kier alpha value is -1.44. The Balaban J connectivity index is 2.00. The Morgan fingerprint density at radius 1 is 1.33 bits per heavy atom. The first-order valence-corrected chi connectivity index (χ1v) is 8.92. The Morgan fingerprint density at radius 3 is 2.71 bits per heavy atom. The van der Waals surface area contributed by atoms with E-state index in [1.54, 1.807) is 24.4 Å². The molecule has 3 rings (SSSR count). The Kier molecular flexibility index (Phi) is 3.51. The smallest absolute Gasteiger partial charge is 0.308 e. The van der Waals surface area contributed by atoms with Crippen molar-refractivity contribution in [1.82, 2.24) is 4.31 Å². The van der Waals surface area contributed by atoms with Crippen LogP contribution in [0.25, 0.3) is 10.1 Å². The molecule has 0 spiro atoms. The van der Waals surface area contributed by atoms with Crippen molar-refractivity contribution in [2.75, 3.05) is 13.1 Å². The monoisotopic (exact) mass is 325 g/mol. The standard InChI is InChI=1S/C14H15NO4S2/c1-9-6-15(7-11(9)14(16)17)21(18,19)13-8-20-12-5-3-2-4-10(12)13/h2-5,8-9,11H,6-7H2,1H3,(H,16,17)/t9-,11-/m1/s1. The molecule has 7 heteroatoms. The van der Waals surface area contributed by atoms with E-state index in [0.29, 0.717) is 5.39 Å². The summed E-state index contributed by atoms with van der Waals surface area (Å²) in [4.78, 5) is 11.4. The summed E-state index contributed by atoms with van der Waals surface area (Å²) >= 11 is 1.39. The van der Waals surface area contributed by atoms with E-state index in [9.17, 15) is 13.2 Å². The number of aliphatic carboxylic acids is 1. The zero-order valence-electron chi connectivity index (χ0n) is 11.4. The van der Waals surface area contributed by atoms with E-state index in [0.717, 1.165) is 4.70 Å². The molecule has 0 aliphatic carbocycles.